The zero-order valence-corrected chi connectivity index (χ0v) is 14.9. The monoisotopic (exact) mass is 338 g/mol. The molecule has 0 bridgehead atoms. The first kappa shape index (κ1) is 18.9. The van der Waals surface area contributed by atoms with Gasteiger partial charge in [-0.2, -0.15) is 0 Å². The Labute approximate surface area is 149 Å². The lowest BCUT2D eigenvalue weighted by Gasteiger charge is -2.25. The van der Waals surface area contributed by atoms with Crippen LogP contribution < -0.4 is 5.32 Å². The molecule has 25 heavy (non-hydrogen) atoms. The molecular weight excluding hydrogens is 312 g/mol. The van der Waals surface area contributed by atoms with E-state index < -0.39 is 0 Å². The van der Waals surface area contributed by atoms with E-state index in [2.05, 4.69) is 22.3 Å². The number of benzene rings is 2. The van der Waals surface area contributed by atoms with Gasteiger partial charge in [0.2, 0.25) is 5.91 Å². The number of Topliss-reactive ketones (excluding diaryl/α,β-unsaturated/α-hetero) is 1. The van der Waals surface area contributed by atoms with Crippen molar-refractivity contribution in [1.82, 2.24) is 10.2 Å². The van der Waals surface area contributed by atoms with Crippen molar-refractivity contribution in [3.05, 3.63) is 71.8 Å². The lowest BCUT2D eigenvalue weighted by Crippen LogP contribution is -2.34. The average molecular weight is 338 g/mol. The van der Waals surface area contributed by atoms with E-state index in [4.69, 9.17) is 0 Å². The third-order valence-corrected chi connectivity index (χ3v) is 4.20. The molecule has 0 heterocycles. The first-order valence-electron chi connectivity index (χ1n) is 8.64. The van der Waals surface area contributed by atoms with E-state index in [9.17, 15) is 9.59 Å². The Morgan fingerprint density at radius 3 is 2.12 bits per heavy atom. The van der Waals surface area contributed by atoms with Gasteiger partial charge in [-0.05, 0) is 26.1 Å². The van der Waals surface area contributed by atoms with Gasteiger partial charge >= 0.3 is 0 Å². The van der Waals surface area contributed by atoms with Crippen molar-refractivity contribution in [2.75, 3.05) is 20.6 Å². The number of hydrogen-bond donors (Lipinski definition) is 1. The Morgan fingerprint density at radius 1 is 0.920 bits per heavy atom. The minimum atomic E-state index is -0.0105. The molecule has 0 saturated heterocycles. The Balaban J connectivity index is 1.75. The van der Waals surface area contributed by atoms with Crippen LogP contribution in [0.1, 0.15) is 41.2 Å². The molecule has 0 radical (unpaired) electrons. The van der Waals surface area contributed by atoms with E-state index in [0.717, 1.165) is 0 Å². The molecule has 132 valence electrons. The number of nitrogens with one attached hydrogen (secondary N) is 1. The van der Waals surface area contributed by atoms with Crippen LogP contribution in [0.2, 0.25) is 0 Å². The van der Waals surface area contributed by atoms with Gasteiger partial charge in [0.15, 0.2) is 5.78 Å². The summed E-state index contributed by atoms with van der Waals surface area (Å²) in [6.07, 6.45) is 1.33. The molecule has 0 aliphatic rings. The minimum Gasteiger partial charge on any atom is -0.354 e. The third kappa shape index (κ3) is 6.16. The normalized spacial score (nSPS) is 12.0. The number of likely N-dealkylation sites (N-methyl/N-ethyl adjacent to an activating group) is 1. The van der Waals surface area contributed by atoms with Crippen molar-refractivity contribution in [2.24, 2.45) is 0 Å². The van der Waals surface area contributed by atoms with Crippen molar-refractivity contribution >= 4 is 11.7 Å². The highest BCUT2D eigenvalue weighted by Gasteiger charge is 2.15. The van der Waals surface area contributed by atoms with Crippen LogP contribution in [0.3, 0.4) is 0 Å². The average Bonchev–Trinajstić information content (AvgIpc) is 2.63. The van der Waals surface area contributed by atoms with Gasteiger partial charge in [-0.1, -0.05) is 60.7 Å². The predicted octanol–water partition coefficient (Wildman–Crippen LogP) is 3.46. The summed E-state index contributed by atoms with van der Waals surface area (Å²) in [5, 5.41) is 2.98. The van der Waals surface area contributed by atoms with Crippen LogP contribution in [-0.2, 0) is 4.79 Å². The molecule has 0 aliphatic carbocycles. The van der Waals surface area contributed by atoms with Crippen LogP contribution in [-0.4, -0.2) is 37.2 Å². The molecule has 1 unspecified atom stereocenters. The number of amides is 1. The van der Waals surface area contributed by atoms with Crippen molar-refractivity contribution in [3.8, 4) is 0 Å². The van der Waals surface area contributed by atoms with Gasteiger partial charge in [-0.15, -0.1) is 0 Å². The van der Waals surface area contributed by atoms with Gasteiger partial charge < -0.3 is 10.2 Å². The molecule has 1 atom stereocenters. The molecule has 0 spiro atoms. The summed E-state index contributed by atoms with van der Waals surface area (Å²) in [5.41, 5.74) is 1.88. The molecular formula is C21H26N2O2. The predicted molar refractivity (Wildman–Crippen MR) is 101 cm³/mol. The first-order chi connectivity index (χ1) is 12.1. The molecule has 4 heteroatoms. The summed E-state index contributed by atoms with van der Waals surface area (Å²) in [6.45, 7) is 0.558. The molecule has 2 rings (SSSR count). The summed E-state index contributed by atoms with van der Waals surface area (Å²) in [7, 11) is 4.00. The largest absolute Gasteiger partial charge is 0.354 e. The van der Waals surface area contributed by atoms with Crippen LogP contribution in [0.25, 0.3) is 0 Å². The molecule has 0 fully saturated rings. The SMILES string of the molecule is CN(C)C(CNC(=O)CCCC(=O)c1ccccc1)c1ccccc1. The van der Waals surface area contributed by atoms with E-state index in [0.29, 0.717) is 31.4 Å². The molecule has 0 aromatic heterocycles. The highest BCUT2D eigenvalue weighted by molar-refractivity contribution is 5.96. The number of nitrogens with zero attached hydrogens (tertiary/aromatic N) is 1. The second kappa shape index (κ2) is 9.74. The zero-order valence-electron chi connectivity index (χ0n) is 14.9. The van der Waals surface area contributed by atoms with E-state index in [1.165, 1.54) is 5.56 Å². The van der Waals surface area contributed by atoms with Gasteiger partial charge in [-0.3, -0.25) is 9.59 Å². The maximum Gasteiger partial charge on any atom is 0.220 e. The van der Waals surface area contributed by atoms with Gasteiger partial charge in [0.05, 0.1) is 6.04 Å². The molecule has 2 aromatic rings. The third-order valence-electron chi connectivity index (χ3n) is 4.20. The summed E-state index contributed by atoms with van der Waals surface area (Å²) in [5.74, 6) is 0.0764. The zero-order chi connectivity index (χ0) is 18.1. The van der Waals surface area contributed by atoms with Crippen LogP contribution >= 0.6 is 0 Å². The summed E-state index contributed by atoms with van der Waals surface area (Å²) in [6, 6.07) is 19.5. The molecule has 2 aromatic carbocycles. The highest BCUT2D eigenvalue weighted by atomic mass is 16.1. The minimum absolute atomic E-state index is 0.0105. The molecule has 1 amide bonds. The number of ketones is 1. The molecule has 0 aliphatic heterocycles. The number of carbonyl (C=O) groups excluding carboxylic acids is 2. The van der Waals surface area contributed by atoms with Crippen LogP contribution in [0.4, 0.5) is 0 Å². The highest BCUT2D eigenvalue weighted by Crippen LogP contribution is 2.16. The van der Waals surface area contributed by atoms with Crippen molar-refractivity contribution in [2.45, 2.75) is 25.3 Å². The van der Waals surface area contributed by atoms with Crippen molar-refractivity contribution in [3.63, 3.8) is 0 Å². The number of hydrogen-bond acceptors (Lipinski definition) is 3. The summed E-state index contributed by atoms with van der Waals surface area (Å²) in [4.78, 5) is 26.2. The van der Waals surface area contributed by atoms with E-state index in [-0.39, 0.29) is 17.7 Å². The number of carbonyl (C=O) groups is 2. The van der Waals surface area contributed by atoms with Crippen LogP contribution in [0.15, 0.2) is 60.7 Å². The fourth-order valence-electron chi connectivity index (χ4n) is 2.75. The fraction of sp³-hybridized carbons (Fsp3) is 0.333. The van der Waals surface area contributed by atoms with Gasteiger partial charge in [-0.25, -0.2) is 0 Å². The standard InChI is InChI=1S/C21H26N2O2/c1-23(2)19(17-10-5-3-6-11-17)16-22-21(25)15-9-14-20(24)18-12-7-4-8-13-18/h3-8,10-13,19H,9,14-16H2,1-2H3,(H,22,25). The van der Waals surface area contributed by atoms with E-state index in [1.54, 1.807) is 0 Å². The molecule has 0 saturated carbocycles. The van der Waals surface area contributed by atoms with Crippen molar-refractivity contribution in [1.29, 1.82) is 0 Å². The Bertz CT molecular complexity index is 669. The second-order valence-corrected chi connectivity index (χ2v) is 6.34. The fourth-order valence-corrected chi connectivity index (χ4v) is 2.75. The van der Waals surface area contributed by atoms with Crippen molar-refractivity contribution < 1.29 is 9.59 Å². The van der Waals surface area contributed by atoms with Gasteiger partial charge in [0.25, 0.3) is 0 Å². The van der Waals surface area contributed by atoms with Gasteiger partial charge in [0, 0.05) is 24.9 Å². The second-order valence-electron chi connectivity index (χ2n) is 6.34. The lowest BCUT2D eigenvalue weighted by atomic mass is 10.0. The molecule has 1 N–H and O–H groups in total. The lowest BCUT2D eigenvalue weighted by molar-refractivity contribution is -0.121. The smallest absolute Gasteiger partial charge is 0.220 e. The quantitative estimate of drug-likeness (QED) is 0.712. The summed E-state index contributed by atoms with van der Waals surface area (Å²) >= 11 is 0. The number of rotatable bonds is 9. The first-order valence-corrected chi connectivity index (χ1v) is 8.64. The van der Waals surface area contributed by atoms with E-state index in [1.807, 2.05) is 62.6 Å². The maximum atomic E-state index is 12.1. The summed E-state index contributed by atoms with van der Waals surface area (Å²) < 4.78 is 0. The maximum absolute atomic E-state index is 12.1. The van der Waals surface area contributed by atoms with E-state index >= 15 is 0 Å². The topological polar surface area (TPSA) is 49.4 Å². The molecule has 4 nitrogen and oxygen atoms in total. The van der Waals surface area contributed by atoms with Crippen LogP contribution in [0, 0.1) is 0 Å². The van der Waals surface area contributed by atoms with Crippen LogP contribution in [0.5, 0.6) is 0 Å². The Hall–Kier alpha value is -2.46. The Kier molecular flexibility index (Phi) is 7.36. The van der Waals surface area contributed by atoms with Gasteiger partial charge in [0.1, 0.15) is 0 Å². The Morgan fingerprint density at radius 2 is 1.52 bits per heavy atom.